The third-order valence-electron chi connectivity index (χ3n) is 4.70. The molecule has 3 rings (SSSR count). The Hall–Kier alpha value is -2.42. The van der Waals surface area contributed by atoms with Crippen LogP contribution < -0.4 is 16.0 Å². The monoisotopic (exact) mass is 397 g/mol. The molecule has 4 N–H and O–H groups in total. The van der Waals surface area contributed by atoms with Crippen LogP contribution in [0.1, 0.15) is 55.5 Å². The number of hydrogen-bond donors (Lipinski definition) is 4. The van der Waals surface area contributed by atoms with E-state index in [1.807, 2.05) is 0 Å². The first kappa shape index (κ1) is 20.3. The van der Waals surface area contributed by atoms with Gasteiger partial charge in [-0.05, 0) is 39.7 Å². The minimum atomic E-state index is -1.40. The van der Waals surface area contributed by atoms with Gasteiger partial charge in [0, 0.05) is 30.6 Å². The van der Waals surface area contributed by atoms with Gasteiger partial charge in [-0.15, -0.1) is 0 Å². The molecule has 1 heterocycles. The number of carbonyl (C=O) groups excluding carboxylic acids is 1. The van der Waals surface area contributed by atoms with E-state index in [0.29, 0.717) is 6.54 Å². The average Bonchev–Trinajstić information content (AvgIpc) is 3.27. The van der Waals surface area contributed by atoms with E-state index >= 15 is 4.39 Å². The number of halogens is 2. The molecule has 2 atom stereocenters. The van der Waals surface area contributed by atoms with Gasteiger partial charge in [0.05, 0.1) is 17.3 Å². The molecule has 9 heteroatoms. The van der Waals surface area contributed by atoms with Gasteiger partial charge in [0.2, 0.25) is 0 Å². The van der Waals surface area contributed by atoms with Crippen molar-refractivity contribution < 1.29 is 28.2 Å². The summed E-state index contributed by atoms with van der Waals surface area (Å²) in [6.45, 7) is 5.71. The fourth-order valence-corrected chi connectivity index (χ4v) is 3.31. The van der Waals surface area contributed by atoms with Gasteiger partial charge in [-0.1, -0.05) is 0 Å². The fourth-order valence-electron chi connectivity index (χ4n) is 3.31. The van der Waals surface area contributed by atoms with Crippen molar-refractivity contribution in [3.05, 3.63) is 28.8 Å². The lowest BCUT2D eigenvalue weighted by Gasteiger charge is -2.25. The van der Waals surface area contributed by atoms with E-state index in [2.05, 4.69) is 16.0 Å². The summed E-state index contributed by atoms with van der Waals surface area (Å²) in [5.74, 6) is -3.97. The Kier molecular flexibility index (Phi) is 5.47. The number of hydrogen-bond acceptors (Lipinski definition) is 5. The zero-order chi connectivity index (χ0) is 20.6. The van der Waals surface area contributed by atoms with Gasteiger partial charge < -0.3 is 25.8 Å². The van der Waals surface area contributed by atoms with Crippen LogP contribution in [0.5, 0.6) is 0 Å². The highest BCUT2D eigenvalue weighted by molar-refractivity contribution is 5.94. The number of ether oxygens (including phenoxy) is 1. The second-order valence-electron chi connectivity index (χ2n) is 8.25. The Bertz CT molecular complexity index is 790. The highest BCUT2D eigenvalue weighted by atomic mass is 19.1. The van der Waals surface area contributed by atoms with Gasteiger partial charge in [0.25, 0.3) is 0 Å². The van der Waals surface area contributed by atoms with Gasteiger partial charge in [0.15, 0.2) is 5.82 Å². The number of benzene rings is 1. The first-order valence-corrected chi connectivity index (χ1v) is 9.28. The van der Waals surface area contributed by atoms with E-state index in [9.17, 15) is 19.1 Å². The molecule has 0 bridgehead atoms. The van der Waals surface area contributed by atoms with E-state index in [4.69, 9.17) is 4.74 Å². The summed E-state index contributed by atoms with van der Waals surface area (Å²) in [5.41, 5.74) is -1.58. The van der Waals surface area contributed by atoms with Crippen molar-refractivity contribution in [1.29, 1.82) is 0 Å². The maximum Gasteiger partial charge on any atom is 0.407 e. The molecule has 2 fully saturated rings. The van der Waals surface area contributed by atoms with Crippen LogP contribution in [0.15, 0.2) is 6.07 Å². The molecule has 1 saturated carbocycles. The largest absolute Gasteiger partial charge is 0.478 e. The number of carboxylic acids is 1. The molecular weight excluding hydrogens is 372 g/mol. The first-order chi connectivity index (χ1) is 13.1. The highest BCUT2D eigenvalue weighted by Crippen LogP contribution is 2.36. The highest BCUT2D eigenvalue weighted by Gasteiger charge is 2.37. The standard InChI is InChI=1S/C19H25F2N3O4/c1-19(2,3)28-18(27)24-13-8-22-7-11(13)14-12(20)6-10(17(25)26)16(15(14)21)23-9-4-5-9/h6,9,11,13,22-23H,4-5,7-8H2,1-3H3,(H,24,27)(H,25,26)/t11?,13-/m1/s1. The maximum absolute atomic E-state index is 15.2. The molecule has 0 aromatic heterocycles. The Labute approximate surface area is 161 Å². The Morgan fingerprint density at radius 3 is 2.50 bits per heavy atom. The molecule has 1 aliphatic heterocycles. The molecule has 1 saturated heterocycles. The van der Waals surface area contributed by atoms with Crippen molar-refractivity contribution in [1.82, 2.24) is 10.6 Å². The lowest BCUT2D eigenvalue weighted by molar-refractivity contribution is 0.0503. The Morgan fingerprint density at radius 1 is 1.25 bits per heavy atom. The lowest BCUT2D eigenvalue weighted by Crippen LogP contribution is -2.42. The van der Waals surface area contributed by atoms with Crippen molar-refractivity contribution in [2.45, 2.75) is 57.2 Å². The molecule has 1 aromatic rings. The predicted molar refractivity (Wildman–Crippen MR) is 98.7 cm³/mol. The van der Waals surface area contributed by atoms with Crippen LogP contribution in [0.25, 0.3) is 0 Å². The summed E-state index contributed by atoms with van der Waals surface area (Å²) in [7, 11) is 0. The van der Waals surface area contributed by atoms with Gasteiger partial charge in [-0.3, -0.25) is 0 Å². The predicted octanol–water partition coefficient (Wildman–Crippen LogP) is 2.82. The zero-order valence-corrected chi connectivity index (χ0v) is 16.1. The van der Waals surface area contributed by atoms with E-state index < -0.39 is 46.8 Å². The first-order valence-electron chi connectivity index (χ1n) is 9.28. The SMILES string of the molecule is CC(C)(C)OC(=O)N[C@@H]1CNCC1c1c(F)cc(C(=O)O)c(NC2CC2)c1F. The number of carbonyl (C=O) groups is 2. The van der Waals surface area contributed by atoms with E-state index in [1.165, 1.54) is 0 Å². The molecule has 2 aliphatic rings. The van der Waals surface area contributed by atoms with Crippen molar-refractivity contribution in [2.24, 2.45) is 0 Å². The average molecular weight is 397 g/mol. The molecule has 154 valence electrons. The molecule has 7 nitrogen and oxygen atoms in total. The number of nitrogens with one attached hydrogen (secondary N) is 3. The number of aromatic carboxylic acids is 1. The van der Waals surface area contributed by atoms with E-state index in [0.717, 1.165) is 18.9 Å². The molecular formula is C19H25F2N3O4. The van der Waals surface area contributed by atoms with Gasteiger partial charge in [-0.2, -0.15) is 0 Å². The fraction of sp³-hybridized carbons (Fsp3) is 0.579. The summed E-state index contributed by atoms with van der Waals surface area (Å²) in [4.78, 5) is 23.5. The number of amides is 1. The number of rotatable bonds is 5. The quantitative estimate of drug-likeness (QED) is 0.610. The van der Waals surface area contributed by atoms with Crippen LogP contribution in [0, 0.1) is 11.6 Å². The van der Waals surface area contributed by atoms with Crippen LogP contribution in [-0.2, 0) is 4.74 Å². The number of alkyl carbamates (subject to hydrolysis) is 1. The molecule has 1 amide bonds. The zero-order valence-electron chi connectivity index (χ0n) is 16.1. The summed E-state index contributed by atoms with van der Waals surface area (Å²) < 4.78 is 35.2. The lowest BCUT2D eigenvalue weighted by atomic mass is 9.91. The summed E-state index contributed by atoms with van der Waals surface area (Å²) >= 11 is 0. The number of anilines is 1. The van der Waals surface area contributed by atoms with E-state index in [-0.39, 0.29) is 23.8 Å². The Morgan fingerprint density at radius 2 is 1.93 bits per heavy atom. The summed E-state index contributed by atoms with van der Waals surface area (Å²) in [6, 6.07) is 0.237. The second kappa shape index (κ2) is 7.54. The van der Waals surface area contributed by atoms with Crippen molar-refractivity contribution in [3.63, 3.8) is 0 Å². The Balaban J connectivity index is 1.90. The molecule has 0 radical (unpaired) electrons. The van der Waals surface area contributed by atoms with Crippen molar-refractivity contribution >= 4 is 17.7 Å². The van der Waals surface area contributed by atoms with Crippen LogP contribution in [0.3, 0.4) is 0 Å². The van der Waals surface area contributed by atoms with Crippen LogP contribution in [0.4, 0.5) is 19.3 Å². The van der Waals surface area contributed by atoms with Crippen LogP contribution >= 0.6 is 0 Å². The normalized spacial score (nSPS) is 22.0. The molecule has 1 aromatic carbocycles. The number of carboxylic acid groups (broad SMARTS) is 1. The topological polar surface area (TPSA) is 99.7 Å². The van der Waals surface area contributed by atoms with Gasteiger partial charge >= 0.3 is 12.1 Å². The minimum absolute atomic E-state index is 0.0108. The summed E-state index contributed by atoms with van der Waals surface area (Å²) in [6.07, 6.45) is 0.934. The maximum atomic E-state index is 15.2. The second-order valence-corrected chi connectivity index (χ2v) is 8.25. The molecule has 1 aliphatic carbocycles. The third-order valence-corrected chi connectivity index (χ3v) is 4.70. The molecule has 1 unspecified atom stereocenters. The van der Waals surface area contributed by atoms with Crippen LogP contribution in [0.2, 0.25) is 0 Å². The van der Waals surface area contributed by atoms with Crippen LogP contribution in [-0.4, -0.2) is 47.9 Å². The minimum Gasteiger partial charge on any atom is -0.478 e. The van der Waals surface area contributed by atoms with Gasteiger partial charge in [-0.25, -0.2) is 18.4 Å². The smallest absolute Gasteiger partial charge is 0.407 e. The van der Waals surface area contributed by atoms with Crippen molar-refractivity contribution in [2.75, 3.05) is 18.4 Å². The van der Waals surface area contributed by atoms with Gasteiger partial charge in [0.1, 0.15) is 11.4 Å². The molecule has 28 heavy (non-hydrogen) atoms. The third kappa shape index (κ3) is 4.52. The van der Waals surface area contributed by atoms with E-state index in [1.54, 1.807) is 20.8 Å². The summed E-state index contributed by atoms with van der Waals surface area (Å²) in [5, 5.41) is 17.8. The van der Waals surface area contributed by atoms with Crippen molar-refractivity contribution in [3.8, 4) is 0 Å². The molecule has 0 spiro atoms.